The molecule has 0 saturated heterocycles. The van der Waals surface area contributed by atoms with E-state index >= 15 is 0 Å². The maximum absolute atomic E-state index is 12.7. The fourth-order valence-corrected chi connectivity index (χ4v) is 5.96. The Balaban J connectivity index is 2.06. The van der Waals surface area contributed by atoms with Crippen molar-refractivity contribution >= 4 is 9.84 Å². The highest BCUT2D eigenvalue weighted by Gasteiger charge is 2.41. The van der Waals surface area contributed by atoms with Crippen LogP contribution >= 0.6 is 0 Å². The molecule has 0 aromatic carbocycles. The third kappa shape index (κ3) is 3.14. The molecule has 0 radical (unpaired) electrons. The minimum atomic E-state index is -3.06. The molecular weight excluding hydrogens is 260 g/mol. The Kier molecular flexibility index (Phi) is 4.58. The van der Waals surface area contributed by atoms with Crippen LogP contribution in [0.5, 0.6) is 0 Å². The number of sulfone groups is 1. The van der Waals surface area contributed by atoms with Gasteiger partial charge in [0.2, 0.25) is 0 Å². The second-order valence-corrected chi connectivity index (χ2v) is 9.25. The monoisotopic (exact) mass is 288 g/mol. The Morgan fingerprint density at radius 1 is 0.789 bits per heavy atom. The first kappa shape index (κ1) is 15.3. The van der Waals surface area contributed by atoms with E-state index < -0.39 is 9.84 Å². The first-order chi connectivity index (χ1) is 8.82. The molecule has 2 fully saturated rings. The molecule has 2 saturated carbocycles. The summed E-state index contributed by atoms with van der Waals surface area (Å²) in [6.07, 6.45) is 4.67. The van der Waals surface area contributed by atoms with Gasteiger partial charge in [-0.2, -0.15) is 0 Å². The van der Waals surface area contributed by atoms with E-state index in [2.05, 4.69) is 13.8 Å². The molecule has 0 heterocycles. The summed E-state index contributed by atoms with van der Waals surface area (Å²) in [4.78, 5) is 0. The molecule has 0 spiro atoms. The third-order valence-corrected chi connectivity index (χ3v) is 8.06. The lowest BCUT2D eigenvalue weighted by Crippen LogP contribution is -2.47. The Labute approximate surface area is 117 Å². The van der Waals surface area contributed by atoms with Crippen LogP contribution in [0.3, 0.4) is 0 Å². The van der Waals surface area contributed by atoms with Gasteiger partial charge in [0.05, 0.1) is 10.5 Å². The van der Waals surface area contributed by atoms with Crippen molar-refractivity contribution in [2.24, 2.45) is 23.3 Å². The number of hydrogen-bond acceptors (Lipinski definition) is 4. The van der Waals surface area contributed by atoms with E-state index in [1.54, 1.807) is 0 Å². The summed E-state index contributed by atoms with van der Waals surface area (Å²) in [6.45, 7) is 4.23. The first-order valence-electron chi connectivity index (χ1n) is 7.56. The lowest BCUT2D eigenvalue weighted by molar-refractivity contribution is 0.313. The number of nitrogens with two attached hydrogens (primary N) is 2. The van der Waals surface area contributed by atoms with Gasteiger partial charge in [0, 0.05) is 12.1 Å². The summed E-state index contributed by atoms with van der Waals surface area (Å²) in [5.41, 5.74) is 12.1. The standard InChI is InChI=1S/C14H28N2O2S/c1-9-3-5-11(7-13(9)15)19(17,18)12-6-4-10(2)14(16)8-12/h9-14H,3-8,15-16H2,1-2H3. The van der Waals surface area contributed by atoms with Gasteiger partial charge in [-0.25, -0.2) is 8.42 Å². The summed E-state index contributed by atoms with van der Waals surface area (Å²) in [6, 6.07) is 0.0643. The van der Waals surface area contributed by atoms with Crippen molar-refractivity contribution in [2.45, 2.75) is 75.0 Å². The predicted molar refractivity (Wildman–Crippen MR) is 78.5 cm³/mol. The molecule has 5 heteroatoms. The van der Waals surface area contributed by atoms with Gasteiger partial charge < -0.3 is 11.5 Å². The molecule has 4 nitrogen and oxygen atoms in total. The van der Waals surface area contributed by atoms with Gasteiger partial charge in [-0.3, -0.25) is 0 Å². The number of rotatable bonds is 2. The van der Waals surface area contributed by atoms with Crippen molar-refractivity contribution < 1.29 is 8.42 Å². The van der Waals surface area contributed by atoms with Gasteiger partial charge in [-0.15, -0.1) is 0 Å². The zero-order valence-electron chi connectivity index (χ0n) is 12.1. The lowest BCUT2D eigenvalue weighted by atomic mass is 9.86. The van der Waals surface area contributed by atoms with Gasteiger partial charge in [0.25, 0.3) is 0 Å². The Morgan fingerprint density at radius 2 is 1.16 bits per heavy atom. The quantitative estimate of drug-likeness (QED) is 0.805. The van der Waals surface area contributed by atoms with E-state index in [1.165, 1.54) is 0 Å². The Hall–Kier alpha value is -0.130. The van der Waals surface area contributed by atoms with E-state index in [0.717, 1.165) is 25.7 Å². The fraction of sp³-hybridized carbons (Fsp3) is 1.00. The van der Waals surface area contributed by atoms with E-state index in [1.807, 2.05) is 0 Å². The van der Waals surface area contributed by atoms with Gasteiger partial charge >= 0.3 is 0 Å². The largest absolute Gasteiger partial charge is 0.327 e. The average Bonchev–Trinajstić information content (AvgIpc) is 2.35. The van der Waals surface area contributed by atoms with Crippen LogP contribution in [0, 0.1) is 11.8 Å². The van der Waals surface area contributed by atoms with Crippen LogP contribution in [0.15, 0.2) is 0 Å². The molecule has 0 aromatic heterocycles. The Morgan fingerprint density at radius 3 is 1.47 bits per heavy atom. The zero-order valence-corrected chi connectivity index (χ0v) is 12.9. The summed E-state index contributed by atoms with van der Waals surface area (Å²) < 4.78 is 25.5. The zero-order chi connectivity index (χ0) is 14.2. The average molecular weight is 288 g/mol. The molecule has 6 unspecified atom stereocenters. The van der Waals surface area contributed by atoms with Crippen molar-refractivity contribution in [3.8, 4) is 0 Å². The van der Waals surface area contributed by atoms with E-state index in [0.29, 0.717) is 24.7 Å². The van der Waals surface area contributed by atoms with E-state index in [4.69, 9.17) is 11.5 Å². The second-order valence-electron chi connectivity index (χ2n) is 6.74. The molecule has 19 heavy (non-hydrogen) atoms. The van der Waals surface area contributed by atoms with Crippen molar-refractivity contribution in [3.63, 3.8) is 0 Å². The van der Waals surface area contributed by atoms with Gasteiger partial charge in [-0.1, -0.05) is 13.8 Å². The van der Waals surface area contributed by atoms with Gasteiger partial charge in [0.15, 0.2) is 9.84 Å². The van der Waals surface area contributed by atoms with Crippen molar-refractivity contribution in [3.05, 3.63) is 0 Å². The molecule has 2 aliphatic rings. The molecule has 4 N–H and O–H groups in total. The molecule has 112 valence electrons. The highest BCUT2D eigenvalue weighted by Crippen LogP contribution is 2.35. The van der Waals surface area contributed by atoms with Crippen molar-refractivity contribution in [1.29, 1.82) is 0 Å². The summed E-state index contributed by atoms with van der Waals surface area (Å²) in [7, 11) is -3.06. The van der Waals surface area contributed by atoms with Crippen LogP contribution in [-0.2, 0) is 9.84 Å². The highest BCUT2D eigenvalue weighted by molar-refractivity contribution is 7.92. The SMILES string of the molecule is CC1CCC(S(=O)(=O)C2CCC(C)C(N)C2)CC1N. The molecule has 0 bridgehead atoms. The van der Waals surface area contributed by atoms with Crippen LogP contribution in [-0.4, -0.2) is 31.0 Å². The number of hydrogen-bond donors (Lipinski definition) is 2. The van der Waals surface area contributed by atoms with Gasteiger partial charge in [0.1, 0.15) is 0 Å². The predicted octanol–water partition coefficient (Wildman–Crippen LogP) is 1.43. The minimum absolute atomic E-state index is 0.0321. The Bertz CT molecular complexity index is 378. The second kappa shape index (κ2) is 5.70. The van der Waals surface area contributed by atoms with Crippen molar-refractivity contribution in [1.82, 2.24) is 0 Å². The van der Waals surface area contributed by atoms with Crippen LogP contribution < -0.4 is 11.5 Å². The van der Waals surface area contributed by atoms with Crippen LogP contribution in [0.1, 0.15) is 52.4 Å². The molecule has 2 aliphatic carbocycles. The maximum Gasteiger partial charge on any atom is 0.156 e. The molecule has 6 atom stereocenters. The van der Waals surface area contributed by atoms with E-state index in [9.17, 15) is 8.42 Å². The molecule has 0 aromatic rings. The van der Waals surface area contributed by atoms with E-state index in [-0.39, 0.29) is 22.6 Å². The normalized spacial score (nSPS) is 45.1. The topological polar surface area (TPSA) is 86.2 Å². The molecule has 0 aliphatic heterocycles. The fourth-order valence-electron chi connectivity index (χ4n) is 3.50. The highest BCUT2D eigenvalue weighted by atomic mass is 32.2. The van der Waals surface area contributed by atoms with Gasteiger partial charge in [-0.05, 0) is 50.4 Å². The van der Waals surface area contributed by atoms with Crippen LogP contribution in [0.4, 0.5) is 0 Å². The molecule has 0 amide bonds. The lowest BCUT2D eigenvalue weighted by Gasteiger charge is -2.37. The third-order valence-electron chi connectivity index (χ3n) is 5.35. The summed E-state index contributed by atoms with van der Waals surface area (Å²) >= 11 is 0. The summed E-state index contributed by atoms with van der Waals surface area (Å²) in [5, 5.41) is -0.464. The van der Waals surface area contributed by atoms with Crippen molar-refractivity contribution in [2.75, 3.05) is 0 Å². The molecular formula is C14H28N2O2S. The minimum Gasteiger partial charge on any atom is -0.327 e. The maximum atomic E-state index is 12.7. The smallest absolute Gasteiger partial charge is 0.156 e. The summed E-state index contributed by atoms with van der Waals surface area (Å²) in [5.74, 6) is 0.889. The van der Waals surface area contributed by atoms with Crippen LogP contribution in [0.2, 0.25) is 0 Å². The first-order valence-corrected chi connectivity index (χ1v) is 9.17. The molecule has 2 rings (SSSR count). The van der Waals surface area contributed by atoms with Crippen LogP contribution in [0.25, 0.3) is 0 Å².